The topological polar surface area (TPSA) is 84.2 Å². The smallest absolute Gasteiger partial charge is 0.239 e. The van der Waals surface area contributed by atoms with Crippen molar-refractivity contribution in [1.29, 1.82) is 0 Å². The zero-order valence-corrected chi connectivity index (χ0v) is 11.9. The van der Waals surface area contributed by atoms with E-state index in [0.717, 1.165) is 6.42 Å². The monoisotopic (exact) mass is 273 g/mol. The Morgan fingerprint density at radius 1 is 1.39 bits per heavy atom. The van der Waals surface area contributed by atoms with Crippen LogP contribution in [0.3, 0.4) is 0 Å². The van der Waals surface area contributed by atoms with Crippen molar-refractivity contribution in [3.05, 3.63) is 0 Å². The molecule has 5 nitrogen and oxygen atoms in total. The maximum absolute atomic E-state index is 11.5. The van der Waals surface area contributed by atoms with Gasteiger partial charge in [0.1, 0.15) is 0 Å². The minimum absolute atomic E-state index is 0.0106. The van der Waals surface area contributed by atoms with Gasteiger partial charge < -0.3 is 16.4 Å². The minimum Gasteiger partial charge on any atom is -0.353 e. The van der Waals surface area contributed by atoms with E-state index in [9.17, 15) is 9.59 Å². The van der Waals surface area contributed by atoms with Crippen LogP contribution in [0.1, 0.15) is 26.7 Å². The van der Waals surface area contributed by atoms with E-state index in [1.165, 1.54) is 12.2 Å². The minimum atomic E-state index is -0.553. The van der Waals surface area contributed by atoms with E-state index >= 15 is 0 Å². The lowest BCUT2D eigenvalue weighted by atomic mass is 10.1. The fraction of sp³-hybridized carbons (Fsp3) is 0.833. The van der Waals surface area contributed by atoms with Crippen molar-refractivity contribution < 1.29 is 9.59 Å². The maximum Gasteiger partial charge on any atom is 0.239 e. The Hall–Kier alpha value is -0.750. The second kappa shape index (κ2) is 7.63. The Balaban J connectivity index is 2.14. The second-order valence-corrected chi connectivity index (χ2v) is 6.33. The number of thioether (sulfide) groups is 1. The van der Waals surface area contributed by atoms with Crippen LogP contribution in [0.4, 0.5) is 0 Å². The van der Waals surface area contributed by atoms with Crippen molar-refractivity contribution in [3.8, 4) is 0 Å². The Kier molecular flexibility index (Phi) is 6.49. The Morgan fingerprint density at radius 2 is 2.11 bits per heavy atom. The summed E-state index contributed by atoms with van der Waals surface area (Å²) in [5, 5.41) is 5.92. The maximum atomic E-state index is 11.5. The molecule has 104 valence electrons. The quantitative estimate of drug-likeness (QED) is 0.641. The number of amides is 2. The first-order valence-corrected chi connectivity index (χ1v) is 7.47. The molecule has 4 N–H and O–H groups in total. The summed E-state index contributed by atoms with van der Waals surface area (Å²) in [6.45, 7) is 4.45. The van der Waals surface area contributed by atoms with E-state index in [2.05, 4.69) is 10.6 Å². The van der Waals surface area contributed by atoms with Crippen LogP contribution in [-0.4, -0.2) is 41.9 Å². The Morgan fingerprint density at radius 3 is 2.67 bits per heavy atom. The molecule has 0 aliphatic carbocycles. The fourth-order valence-electron chi connectivity index (χ4n) is 1.68. The molecule has 0 aromatic carbocycles. The number of nitrogens with one attached hydrogen (secondary N) is 2. The van der Waals surface area contributed by atoms with Crippen LogP contribution in [0.2, 0.25) is 0 Å². The second-order valence-electron chi connectivity index (χ2n) is 4.93. The molecule has 0 spiro atoms. The number of carbonyl (C=O) groups is 2. The molecule has 1 saturated heterocycles. The van der Waals surface area contributed by atoms with E-state index < -0.39 is 6.04 Å². The number of nitrogens with two attached hydrogens (primary N) is 1. The molecule has 2 atom stereocenters. The lowest BCUT2D eigenvalue weighted by molar-refractivity contribution is -0.127. The van der Waals surface area contributed by atoms with Crippen LogP contribution in [0, 0.1) is 5.92 Å². The van der Waals surface area contributed by atoms with Crippen LogP contribution in [-0.2, 0) is 9.59 Å². The summed E-state index contributed by atoms with van der Waals surface area (Å²) in [7, 11) is 0. The van der Waals surface area contributed by atoms with Gasteiger partial charge in [0.2, 0.25) is 11.8 Å². The molecular formula is C12H23N3O2S. The molecule has 1 aliphatic rings. The van der Waals surface area contributed by atoms with Crippen LogP contribution >= 0.6 is 11.8 Å². The molecule has 0 aromatic heterocycles. The van der Waals surface area contributed by atoms with Gasteiger partial charge in [-0.05, 0) is 24.5 Å². The van der Waals surface area contributed by atoms with Crippen molar-refractivity contribution in [2.24, 2.45) is 11.7 Å². The Labute approximate surface area is 113 Å². The standard InChI is InChI=1S/C12H23N3O2S/c1-8(2)11(13)12(17)15-7-10(16)14-6-9-4-3-5-18-9/h8-9,11H,3-7,13H2,1-2H3,(H,14,16)(H,15,17)/t9?,11-/m0/s1. The summed E-state index contributed by atoms with van der Waals surface area (Å²) >= 11 is 1.90. The van der Waals surface area contributed by atoms with Gasteiger partial charge in [-0.15, -0.1) is 0 Å². The third kappa shape index (κ3) is 5.27. The first-order chi connectivity index (χ1) is 8.50. The van der Waals surface area contributed by atoms with E-state index in [-0.39, 0.29) is 24.3 Å². The molecular weight excluding hydrogens is 250 g/mol. The molecule has 0 saturated carbocycles. The van der Waals surface area contributed by atoms with Crippen molar-refractivity contribution in [2.75, 3.05) is 18.8 Å². The summed E-state index contributed by atoms with van der Waals surface area (Å²) in [5.74, 6) is 0.839. The number of rotatable bonds is 6. The average Bonchev–Trinajstić information content (AvgIpc) is 2.85. The van der Waals surface area contributed by atoms with E-state index in [1.54, 1.807) is 0 Å². The van der Waals surface area contributed by atoms with Crippen molar-refractivity contribution in [3.63, 3.8) is 0 Å². The normalized spacial score (nSPS) is 20.8. The van der Waals surface area contributed by atoms with Gasteiger partial charge in [-0.3, -0.25) is 9.59 Å². The van der Waals surface area contributed by atoms with Gasteiger partial charge in [0.15, 0.2) is 0 Å². The van der Waals surface area contributed by atoms with Crippen molar-refractivity contribution >= 4 is 23.6 Å². The molecule has 1 aliphatic heterocycles. The highest BCUT2D eigenvalue weighted by Crippen LogP contribution is 2.25. The molecule has 1 rings (SSSR count). The van der Waals surface area contributed by atoms with Crippen LogP contribution in [0.25, 0.3) is 0 Å². The molecule has 0 aromatic rings. The summed E-state index contributed by atoms with van der Waals surface area (Å²) < 4.78 is 0. The molecule has 2 amide bonds. The molecule has 1 fully saturated rings. The van der Waals surface area contributed by atoms with Crippen molar-refractivity contribution in [2.45, 2.75) is 38.0 Å². The molecule has 1 unspecified atom stereocenters. The Bertz CT molecular complexity index is 291. The lowest BCUT2D eigenvalue weighted by Crippen LogP contribution is -2.47. The number of hydrogen-bond acceptors (Lipinski definition) is 4. The number of hydrogen-bond donors (Lipinski definition) is 3. The molecule has 18 heavy (non-hydrogen) atoms. The molecule has 6 heteroatoms. The SMILES string of the molecule is CC(C)[C@H](N)C(=O)NCC(=O)NCC1CCCS1. The summed E-state index contributed by atoms with van der Waals surface area (Å²) in [4.78, 5) is 23.0. The predicted octanol–water partition coefficient (Wildman–Crippen LogP) is 0.0977. The van der Waals surface area contributed by atoms with Crippen LogP contribution < -0.4 is 16.4 Å². The van der Waals surface area contributed by atoms with E-state index in [4.69, 9.17) is 5.73 Å². The molecule has 1 heterocycles. The van der Waals surface area contributed by atoms with Gasteiger partial charge in [0.05, 0.1) is 12.6 Å². The molecule has 0 radical (unpaired) electrons. The highest BCUT2D eigenvalue weighted by Gasteiger charge is 2.19. The van der Waals surface area contributed by atoms with Crippen LogP contribution in [0.5, 0.6) is 0 Å². The van der Waals surface area contributed by atoms with Gasteiger partial charge in [-0.1, -0.05) is 13.8 Å². The molecule has 0 bridgehead atoms. The van der Waals surface area contributed by atoms with Gasteiger partial charge in [-0.2, -0.15) is 11.8 Å². The third-order valence-corrected chi connectivity index (χ3v) is 4.39. The van der Waals surface area contributed by atoms with E-state index in [0.29, 0.717) is 11.8 Å². The van der Waals surface area contributed by atoms with Crippen LogP contribution in [0.15, 0.2) is 0 Å². The first kappa shape index (κ1) is 15.3. The predicted molar refractivity (Wildman–Crippen MR) is 74.3 cm³/mol. The summed E-state index contributed by atoms with van der Waals surface area (Å²) in [5.41, 5.74) is 5.67. The highest BCUT2D eigenvalue weighted by atomic mass is 32.2. The first-order valence-electron chi connectivity index (χ1n) is 6.42. The average molecular weight is 273 g/mol. The summed E-state index contributed by atoms with van der Waals surface area (Å²) in [6.07, 6.45) is 2.39. The zero-order valence-electron chi connectivity index (χ0n) is 11.1. The van der Waals surface area contributed by atoms with Gasteiger partial charge >= 0.3 is 0 Å². The fourth-order valence-corrected chi connectivity index (χ4v) is 2.88. The van der Waals surface area contributed by atoms with Gasteiger partial charge in [0, 0.05) is 11.8 Å². The summed E-state index contributed by atoms with van der Waals surface area (Å²) in [6, 6.07) is -0.553. The lowest BCUT2D eigenvalue weighted by Gasteiger charge is -2.15. The van der Waals surface area contributed by atoms with E-state index in [1.807, 2.05) is 25.6 Å². The zero-order chi connectivity index (χ0) is 13.5. The van der Waals surface area contributed by atoms with Gasteiger partial charge in [-0.25, -0.2) is 0 Å². The largest absolute Gasteiger partial charge is 0.353 e. The van der Waals surface area contributed by atoms with Gasteiger partial charge in [0.25, 0.3) is 0 Å². The number of carbonyl (C=O) groups excluding carboxylic acids is 2. The highest BCUT2D eigenvalue weighted by molar-refractivity contribution is 8.00. The van der Waals surface area contributed by atoms with Crippen molar-refractivity contribution in [1.82, 2.24) is 10.6 Å². The third-order valence-electron chi connectivity index (χ3n) is 3.00.